The van der Waals surface area contributed by atoms with Gasteiger partial charge in [0.15, 0.2) is 0 Å². The minimum Gasteiger partial charge on any atom is -0.396 e. The highest BCUT2D eigenvalue weighted by Crippen LogP contribution is 2.36. The molecule has 3 heteroatoms. The lowest BCUT2D eigenvalue weighted by Gasteiger charge is -2.44. The Morgan fingerprint density at radius 2 is 2.20 bits per heavy atom. The van der Waals surface area contributed by atoms with Crippen molar-refractivity contribution in [1.82, 2.24) is 10.2 Å². The number of aliphatic hydroxyl groups excluding tert-OH is 1. The molecular formula is C12H24N2O. The number of likely N-dealkylation sites (tertiary alicyclic amines) is 1. The number of hydrogen-bond acceptors (Lipinski definition) is 3. The third-order valence-corrected chi connectivity index (χ3v) is 4.30. The summed E-state index contributed by atoms with van der Waals surface area (Å²) in [6.45, 7) is 3.78. The summed E-state index contributed by atoms with van der Waals surface area (Å²) < 4.78 is 0. The Labute approximate surface area is 92.8 Å². The predicted molar refractivity (Wildman–Crippen MR) is 61.9 cm³/mol. The lowest BCUT2D eigenvalue weighted by molar-refractivity contribution is 0.118. The van der Waals surface area contributed by atoms with Crippen LogP contribution in [0.25, 0.3) is 0 Å². The van der Waals surface area contributed by atoms with Crippen LogP contribution in [0.4, 0.5) is 0 Å². The summed E-state index contributed by atoms with van der Waals surface area (Å²) in [6.07, 6.45) is 6.01. The largest absolute Gasteiger partial charge is 0.396 e. The number of nitrogens with zero attached hydrogens (tertiary/aromatic N) is 1. The van der Waals surface area contributed by atoms with Crippen molar-refractivity contribution in [3.8, 4) is 0 Å². The second-order valence-electron chi connectivity index (χ2n) is 5.47. The fraction of sp³-hybridized carbons (Fsp3) is 1.00. The topological polar surface area (TPSA) is 35.5 Å². The van der Waals surface area contributed by atoms with Gasteiger partial charge in [-0.2, -0.15) is 0 Å². The van der Waals surface area contributed by atoms with E-state index in [1.165, 1.54) is 25.7 Å². The Kier molecular flexibility index (Phi) is 3.33. The molecule has 0 spiro atoms. The molecule has 88 valence electrons. The maximum atomic E-state index is 9.09. The molecular weight excluding hydrogens is 188 g/mol. The van der Waals surface area contributed by atoms with Gasteiger partial charge in [-0.1, -0.05) is 0 Å². The average Bonchev–Trinajstić information content (AvgIpc) is 2.42. The van der Waals surface area contributed by atoms with Crippen LogP contribution in [0, 0.1) is 0 Å². The lowest BCUT2D eigenvalue weighted by Crippen LogP contribution is -2.56. The maximum absolute atomic E-state index is 9.09. The third kappa shape index (κ3) is 2.35. The third-order valence-electron chi connectivity index (χ3n) is 4.30. The molecule has 2 N–H and O–H groups in total. The van der Waals surface area contributed by atoms with Crippen molar-refractivity contribution in [3.63, 3.8) is 0 Å². The van der Waals surface area contributed by atoms with E-state index in [1.54, 1.807) is 0 Å². The molecule has 0 aromatic carbocycles. The van der Waals surface area contributed by atoms with Crippen molar-refractivity contribution in [2.24, 2.45) is 0 Å². The van der Waals surface area contributed by atoms with Crippen LogP contribution in [0.3, 0.4) is 0 Å². The standard InChI is InChI=1S/C12H24N2O/c1-10-8-11(9-14(10)2)13-12(6-7-15)4-3-5-12/h10-11,13,15H,3-9H2,1-2H3. The van der Waals surface area contributed by atoms with E-state index in [0.29, 0.717) is 18.7 Å². The van der Waals surface area contributed by atoms with E-state index in [4.69, 9.17) is 5.11 Å². The van der Waals surface area contributed by atoms with Crippen LogP contribution in [0.2, 0.25) is 0 Å². The highest BCUT2D eigenvalue weighted by molar-refractivity contribution is 5.00. The number of hydrogen-bond donors (Lipinski definition) is 2. The molecule has 2 atom stereocenters. The van der Waals surface area contributed by atoms with Gasteiger partial charge in [-0.3, -0.25) is 0 Å². The summed E-state index contributed by atoms with van der Waals surface area (Å²) in [5, 5.41) is 12.9. The van der Waals surface area contributed by atoms with Gasteiger partial charge >= 0.3 is 0 Å². The molecule has 0 amide bonds. The Morgan fingerprint density at radius 3 is 2.60 bits per heavy atom. The van der Waals surface area contributed by atoms with Crippen LogP contribution >= 0.6 is 0 Å². The second kappa shape index (κ2) is 4.40. The first-order chi connectivity index (χ1) is 7.15. The molecule has 2 rings (SSSR count). The highest BCUT2D eigenvalue weighted by atomic mass is 16.3. The van der Waals surface area contributed by atoms with E-state index in [2.05, 4.69) is 24.2 Å². The summed E-state index contributed by atoms with van der Waals surface area (Å²) in [5.74, 6) is 0. The van der Waals surface area contributed by atoms with Gasteiger partial charge in [0.1, 0.15) is 0 Å². The molecule has 2 aliphatic rings. The highest BCUT2D eigenvalue weighted by Gasteiger charge is 2.39. The van der Waals surface area contributed by atoms with Gasteiger partial charge in [-0.25, -0.2) is 0 Å². The lowest BCUT2D eigenvalue weighted by atomic mass is 9.74. The van der Waals surface area contributed by atoms with Crippen molar-refractivity contribution in [1.29, 1.82) is 0 Å². The summed E-state index contributed by atoms with van der Waals surface area (Å²) in [4.78, 5) is 2.42. The van der Waals surface area contributed by atoms with Gasteiger partial charge in [0.2, 0.25) is 0 Å². The first-order valence-electron chi connectivity index (χ1n) is 6.24. The first kappa shape index (κ1) is 11.4. The SMILES string of the molecule is CC1CC(NC2(CCO)CCC2)CN1C. The zero-order valence-corrected chi connectivity index (χ0v) is 10.00. The average molecular weight is 212 g/mol. The van der Waals surface area contributed by atoms with Gasteiger partial charge in [-0.05, 0) is 46.1 Å². The Bertz CT molecular complexity index is 206. The second-order valence-corrected chi connectivity index (χ2v) is 5.47. The van der Waals surface area contributed by atoms with Gasteiger partial charge in [0, 0.05) is 30.8 Å². The van der Waals surface area contributed by atoms with Crippen molar-refractivity contribution >= 4 is 0 Å². The summed E-state index contributed by atoms with van der Waals surface area (Å²) in [5.41, 5.74) is 0.282. The van der Waals surface area contributed by atoms with Crippen LogP contribution < -0.4 is 5.32 Å². The summed E-state index contributed by atoms with van der Waals surface area (Å²) in [6, 6.07) is 1.34. The maximum Gasteiger partial charge on any atom is 0.0448 e. The van der Waals surface area contributed by atoms with E-state index >= 15 is 0 Å². The van der Waals surface area contributed by atoms with Crippen LogP contribution in [0.5, 0.6) is 0 Å². The van der Waals surface area contributed by atoms with E-state index in [9.17, 15) is 0 Å². The monoisotopic (exact) mass is 212 g/mol. The summed E-state index contributed by atoms with van der Waals surface area (Å²) >= 11 is 0. The molecule has 1 saturated carbocycles. The van der Waals surface area contributed by atoms with Crippen LogP contribution in [0.15, 0.2) is 0 Å². The summed E-state index contributed by atoms with van der Waals surface area (Å²) in [7, 11) is 2.20. The molecule has 15 heavy (non-hydrogen) atoms. The van der Waals surface area contributed by atoms with Gasteiger partial charge < -0.3 is 15.3 Å². The van der Waals surface area contributed by atoms with Gasteiger partial charge in [0.05, 0.1) is 0 Å². The number of nitrogens with one attached hydrogen (secondary N) is 1. The fourth-order valence-electron chi connectivity index (χ4n) is 3.02. The fourth-order valence-corrected chi connectivity index (χ4v) is 3.02. The van der Waals surface area contributed by atoms with Gasteiger partial charge in [-0.15, -0.1) is 0 Å². The zero-order valence-electron chi connectivity index (χ0n) is 10.00. The van der Waals surface area contributed by atoms with Crippen LogP contribution in [0.1, 0.15) is 39.0 Å². The van der Waals surface area contributed by atoms with Crippen molar-refractivity contribution in [3.05, 3.63) is 0 Å². The molecule has 0 aromatic rings. The number of likely N-dealkylation sites (N-methyl/N-ethyl adjacent to an activating group) is 1. The minimum atomic E-state index is 0.282. The van der Waals surface area contributed by atoms with E-state index in [-0.39, 0.29) is 5.54 Å². The molecule has 0 aromatic heterocycles. The van der Waals surface area contributed by atoms with Gasteiger partial charge in [0.25, 0.3) is 0 Å². The molecule has 0 bridgehead atoms. The van der Waals surface area contributed by atoms with Crippen molar-refractivity contribution < 1.29 is 5.11 Å². The predicted octanol–water partition coefficient (Wildman–Crippen LogP) is 0.974. The Balaban J connectivity index is 1.85. The molecule has 1 aliphatic heterocycles. The van der Waals surface area contributed by atoms with Crippen LogP contribution in [-0.4, -0.2) is 47.8 Å². The first-order valence-corrected chi connectivity index (χ1v) is 6.24. The molecule has 2 unspecified atom stereocenters. The molecule has 3 nitrogen and oxygen atoms in total. The quantitative estimate of drug-likeness (QED) is 0.729. The van der Waals surface area contributed by atoms with E-state index in [0.717, 1.165) is 13.0 Å². The smallest absolute Gasteiger partial charge is 0.0448 e. The van der Waals surface area contributed by atoms with Crippen LogP contribution in [-0.2, 0) is 0 Å². The normalized spacial score (nSPS) is 35.4. The number of aliphatic hydroxyl groups is 1. The molecule has 1 saturated heterocycles. The zero-order chi connectivity index (χ0) is 10.9. The molecule has 0 radical (unpaired) electrons. The van der Waals surface area contributed by atoms with E-state index < -0.39 is 0 Å². The Morgan fingerprint density at radius 1 is 1.47 bits per heavy atom. The Hall–Kier alpha value is -0.120. The molecule has 2 fully saturated rings. The van der Waals surface area contributed by atoms with Crippen molar-refractivity contribution in [2.45, 2.75) is 56.7 Å². The van der Waals surface area contributed by atoms with E-state index in [1.807, 2.05) is 0 Å². The minimum absolute atomic E-state index is 0.282. The van der Waals surface area contributed by atoms with Crippen molar-refractivity contribution in [2.75, 3.05) is 20.2 Å². The number of rotatable bonds is 4. The molecule has 1 heterocycles. The molecule has 1 aliphatic carbocycles.